The lowest BCUT2D eigenvalue weighted by Gasteiger charge is -2.15. The molecule has 2 nitrogen and oxygen atoms in total. The van der Waals surface area contributed by atoms with Gasteiger partial charge in [-0.15, -0.1) is 0 Å². The molecule has 20 heavy (non-hydrogen) atoms. The second kappa shape index (κ2) is 9.03. The fourth-order valence-corrected chi connectivity index (χ4v) is 2.77. The van der Waals surface area contributed by atoms with Gasteiger partial charge in [0.15, 0.2) is 0 Å². The van der Waals surface area contributed by atoms with Crippen molar-refractivity contribution in [1.29, 1.82) is 0 Å². The third-order valence-corrected chi connectivity index (χ3v) is 4.02. The summed E-state index contributed by atoms with van der Waals surface area (Å²) >= 11 is 15.7. The lowest BCUT2D eigenvalue weighted by molar-refractivity contribution is 0.0167. The second-order valence-electron chi connectivity index (χ2n) is 3.96. The van der Waals surface area contributed by atoms with Crippen LogP contribution in [-0.4, -0.2) is 26.2 Å². The maximum atomic E-state index is 11.9. The average molecular weight is 392 g/mol. The lowest BCUT2D eigenvalue weighted by atomic mass is 10.1. The highest BCUT2D eigenvalue weighted by Crippen LogP contribution is 2.38. The van der Waals surface area contributed by atoms with Gasteiger partial charge in [-0.1, -0.05) is 39.1 Å². The number of halogens is 5. The molecule has 1 unspecified atom stereocenters. The molecule has 0 aromatic heterocycles. The van der Waals surface area contributed by atoms with Gasteiger partial charge in [-0.05, 0) is 25.0 Å². The van der Waals surface area contributed by atoms with Crippen LogP contribution in [0.4, 0.5) is 8.78 Å². The monoisotopic (exact) mass is 390 g/mol. The molecule has 0 heterocycles. The number of ether oxygens (including phenoxy) is 2. The first-order chi connectivity index (χ1) is 9.45. The molecule has 0 fully saturated rings. The van der Waals surface area contributed by atoms with E-state index in [-0.39, 0.29) is 11.4 Å². The standard InChI is InChI=1S/C13H15BrCl2F2O2/c1-2-20-12-6-10(15)8(5-11(12)16)9(14)3-4-19-7-13(17)18/h5-6,9,13H,2-4,7H2,1H3. The van der Waals surface area contributed by atoms with Crippen LogP contribution in [0.3, 0.4) is 0 Å². The predicted octanol–water partition coefficient (Wildman–Crippen LogP) is 5.50. The van der Waals surface area contributed by atoms with Crippen molar-refractivity contribution >= 4 is 39.1 Å². The molecule has 0 saturated carbocycles. The van der Waals surface area contributed by atoms with Gasteiger partial charge in [-0.2, -0.15) is 0 Å². The molecule has 0 radical (unpaired) electrons. The van der Waals surface area contributed by atoms with Crippen LogP contribution >= 0.6 is 39.1 Å². The van der Waals surface area contributed by atoms with Gasteiger partial charge in [0, 0.05) is 22.5 Å². The molecule has 0 N–H and O–H groups in total. The van der Waals surface area contributed by atoms with Crippen LogP contribution in [0.15, 0.2) is 12.1 Å². The third-order valence-electron chi connectivity index (χ3n) is 2.45. The Balaban J connectivity index is 2.63. The molecule has 1 rings (SSSR count). The Morgan fingerprint density at radius 3 is 2.55 bits per heavy atom. The summed E-state index contributed by atoms with van der Waals surface area (Å²) in [6.45, 7) is 2.00. The highest BCUT2D eigenvalue weighted by molar-refractivity contribution is 9.09. The van der Waals surface area contributed by atoms with Crippen LogP contribution in [0.5, 0.6) is 5.75 Å². The molecule has 0 aliphatic rings. The van der Waals surface area contributed by atoms with Crippen molar-refractivity contribution in [2.45, 2.75) is 24.6 Å². The van der Waals surface area contributed by atoms with Crippen LogP contribution in [-0.2, 0) is 4.74 Å². The molecule has 1 aromatic carbocycles. The van der Waals surface area contributed by atoms with E-state index in [4.69, 9.17) is 32.7 Å². The molecule has 0 bridgehead atoms. The fraction of sp³-hybridized carbons (Fsp3) is 0.538. The molecule has 1 atom stereocenters. The van der Waals surface area contributed by atoms with Gasteiger partial charge in [-0.3, -0.25) is 0 Å². The van der Waals surface area contributed by atoms with Crippen molar-refractivity contribution in [3.8, 4) is 5.75 Å². The first kappa shape index (κ1) is 18.0. The van der Waals surface area contributed by atoms with Crippen molar-refractivity contribution < 1.29 is 18.3 Å². The van der Waals surface area contributed by atoms with E-state index < -0.39 is 13.0 Å². The van der Waals surface area contributed by atoms with E-state index in [0.717, 1.165) is 5.56 Å². The van der Waals surface area contributed by atoms with Gasteiger partial charge < -0.3 is 9.47 Å². The minimum absolute atomic E-state index is 0.124. The number of rotatable bonds is 8. The van der Waals surface area contributed by atoms with Crippen LogP contribution in [0.1, 0.15) is 23.7 Å². The lowest BCUT2D eigenvalue weighted by Crippen LogP contribution is -2.07. The fourth-order valence-electron chi connectivity index (χ4n) is 1.56. The Morgan fingerprint density at radius 1 is 1.25 bits per heavy atom. The van der Waals surface area contributed by atoms with Gasteiger partial charge in [0.25, 0.3) is 6.43 Å². The van der Waals surface area contributed by atoms with E-state index >= 15 is 0 Å². The topological polar surface area (TPSA) is 18.5 Å². The highest BCUT2D eigenvalue weighted by atomic mass is 79.9. The molecule has 7 heteroatoms. The van der Waals surface area contributed by atoms with Crippen LogP contribution in [0.25, 0.3) is 0 Å². The Kier molecular flexibility index (Phi) is 8.10. The summed E-state index contributed by atoms with van der Waals surface area (Å²) in [6, 6.07) is 3.36. The summed E-state index contributed by atoms with van der Waals surface area (Å²) < 4.78 is 34.0. The summed E-state index contributed by atoms with van der Waals surface area (Å²) in [5, 5.41) is 0.970. The van der Waals surface area contributed by atoms with E-state index in [2.05, 4.69) is 15.9 Å². The Labute approximate surface area is 135 Å². The van der Waals surface area contributed by atoms with Gasteiger partial charge in [0.1, 0.15) is 12.4 Å². The van der Waals surface area contributed by atoms with E-state index in [1.54, 1.807) is 12.1 Å². The molecule has 0 saturated heterocycles. The van der Waals surface area contributed by atoms with E-state index in [0.29, 0.717) is 28.8 Å². The molecule has 0 amide bonds. The molecule has 0 spiro atoms. The predicted molar refractivity (Wildman–Crippen MR) is 80.7 cm³/mol. The molecular formula is C13H15BrCl2F2O2. The Morgan fingerprint density at radius 2 is 1.95 bits per heavy atom. The second-order valence-corrected chi connectivity index (χ2v) is 5.88. The molecule has 114 valence electrons. The van der Waals surface area contributed by atoms with E-state index in [1.165, 1.54) is 0 Å². The number of alkyl halides is 3. The molecular weight excluding hydrogens is 377 g/mol. The van der Waals surface area contributed by atoms with Gasteiger partial charge >= 0.3 is 0 Å². The molecule has 1 aromatic rings. The molecule has 0 aliphatic carbocycles. The number of benzene rings is 1. The van der Waals surface area contributed by atoms with Crippen LogP contribution in [0.2, 0.25) is 10.0 Å². The maximum absolute atomic E-state index is 11.9. The number of hydrogen-bond donors (Lipinski definition) is 0. The van der Waals surface area contributed by atoms with Gasteiger partial charge in [-0.25, -0.2) is 8.78 Å². The summed E-state index contributed by atoms with van der Waals surface area (Å²) in [5.41, 5.74) is 0.778. The van der Waals surface area contributed by atoms with Crippen molar-refractivity contribution in [1.82, 2.24) is 0 Å². The minimum Gasteiger partial charge on any atom is -0.492 e. The van der Waals surface area contributed by atoms with Gasteiger partial charge in [0.05, 0.1) is 11.6 Å². The van der Waals surface area contributed by atoms with Crippen molar-refractivity contribution in [3.05, 3.63) is 27.7 Å². The van der Waals surface area contributed by atoms with Crippen LogP contribution < -0.4 is 4.74 Å². The zero-order valence-electron chi connectivity index (χ0n) is 10.8. The average Bonchev–Trinajstić information content (AvgIpc) is 2.38. The maximum Gasteiger partial charge on any atom is 0.261 e. The number of hydrogen-bond acceptors (Lipinski definition) is 2. The Bertz CT molecular complexity index is 433. The molecule has 0 aliphatic heterocycles. The quantitative estimate of drug-likeness (QED) is 0.430. The summed E-state index contributed by atoms with van der Waals surface area (Å²) in [4.78, 5) is -0.124. The normalized spacial score (nSPS) is 12.8. The van der Waals surface area contributed by atoms with E-state index in [1.807, 2.05) is 6.92 Å². The SMILES string of the molecule is CCOc1cc(Cl)c(C(Br)CCOCC(F)F)cc1Cl. The smallest absolute Gasteiger partial charge is 0.261 e. The van der Waals surface area contributed by atoms with E-state index in [9.17, 15) is 8.78 Å². The third kappa shape index (κ3) is 5.72. The largest absolute Gasteiger partial charge is 0.492 e. The van der Waals surface area contributed by atoms with Gasteiger partial charge in [0.2, 0.25) is 0 Å². The van der Waals surface area contributed by atoms with Crippen molar-refractivity contribution in [2.75, 3.05) is 19.8 Å². The van der Waals surface area contributed by atoms with Crippen LogP contribution in [0, 0.1) is 0 Å². The Hall–Kier alpha value is -0.100. The summed E-state index contributed by atoms with van der Waals surface area (Å²) in [7, 11) is 0. The summed E-state index contributed by atoms with van der Waals surface area (Å²) in [6.07, 6.45) is -1.94. The first-order valence-corrected chi connectivity index (χ1v) is 7.74. The first-order valence-electron chi connectivity index (χ1n) is 6.07. The van der Waals surface area contributed by atoms with Crippen molar-refractivity contribution in [2.24, 2.45) is 0 Å². The zero-order valence-corrected chi connectivity index (χ0v) is 13.9. The zero-order chi connectivity index (χ0) is 15.1. The summed E-state index contributed by atoms with van der Waals surface area (Å²) in [5.74, 6) is 0.525. The minimum atomic E-state index is -2.45. The van der Waals surface area contributed by atoms with Crippen molar-refractivity contribution in [3.63, 3.8) is 0 Å². The highest BCUT2D eigenvalue weighted by Gasteiger charge is 2.15.